The fraction of sp³-hybridized carbons (Fsp3) is 0.412. The number of H-pyrrole nitrogens is 1. The molecule has 1 saturated carbocycles. The number of hydrogen-bond acceptors (Lipinski definition) is 1. The van der Waals surface area contributed by atoms with Gasteiger partial charge in [-0.3, -0.25) is 4.90 Å². The van der Waals surface area contributed by atoms with E-state index in [0.29, 0.717) is 0 Å². The Balaban J connectivity index is 1.71. The number of hydrogen-bond donors (Lipinski definition) is 1. The highest BCUT2D eigenvalue weighted by molar-refractivity contribution is 5.83. The summed E-state index contributed by atoms with van der Waals surface area (Å²) in [6.45, 7) is 5.81. The number of nitrogens with zero attached hydrogens (tertiary/aromatic N) is 1. The molecule has 0 unspecified atom stereocenters. The minimum Gasteiger partial charge on any atom is -0.361 e. The van der Waals surface area contributed by atoms with E-state index in [1.54, 1.807) is 6.07 Å². The monoisotopic (exact) mass is 272 g/mol. The Morgan fingerprint density at radius 1 is 1.40 bits per heavy atom. The third kappa shape index (κ3) is 2.63. The minimum absolute atomic E-state index is 0.166. The summed E-state index contributed by atoms with van der Waals surface area (Å²) in [7, 11) is 0. The number of rotatable bonds is 6. The van der Waals surface area contributed by atoms with Gasteiger partial charge in [0.25, 0.3) is 0 Å². The molecule has 1 aliphatic rings. The second-order valence-corrected chi connectivity index (χ2v) is 5.62. The summed E-state index contributed by atoms with van der Waals surface area (Å²) >= 11 is 0. The Labute approximate surface area is 119 Å². The summed E-state index contributed by atoms with van der Waals surface area (Å²) in [5.41, 5.74) is 2.22. The highest BCUT2D eigenvalue weighted by Gasteiger charge is 2.23. The normalized spacial score (nSPS) is 15.7. The van der Waals surface area contributed by atoms with Crippen LogP contribution in [0.4, 0.5) is 4.39 Å². The van der Waals surface area contributed by atoms with Crippen LogP contribution in [0.5, 0.6) is 0 Å². The summed E-state index contributed by atoms with van der Waals surface area (Å²) in [6.07, 6.45) is 8.89. The van der Waals surface area contributed by atoms with Crippen LogP contribution in [0, 0.1) is 5.82 Å². The van der Waals surface area contributed by atoms with Crippen LogP contribution in [0.1, 0.15) is 24.8 Å². The van der Waals surface area contributed by atoms with Crippen molar-refractivity contribution in [3.05, 3.63) is 48.4 Å². The average molecular weight is 272 g/mol. The minimum atomic E-state index is -0.166. The molecule has 0 saturated heterocycles. The van der Waals surface area contributed by atoms with Crippen molar-refractivity contribution < 1.29 is 4.39 Å². The van der Waals surface area contributed by atoms with Crippen molar-refractivity contribution in [2.75, 3.05) is 13.1 Å². The Kier molecular flexibility index (Phi) is 3.88. The number of nitrogens with one attached hydrogen (secondary N) is 1. The van der Waals surface area contributed by atoms with Crippen molar-refractivity contribution in [1.29, 1.82) is 0 Å². The summed E-state index contributed by atoms with van der Waals surface area (Å²) in [4.78, 5) is 5.72. The van der Waals surface area contributed by atoms with Gasteiger partial charge in [-0.15, -0.1) is 6.58 Å². The van der Waals surface area contributed by atoms with E-state index in [2.05, 4.69) is 16.5 Å². The molecule has 0 aliphatic heterocycles. The van der Waals surface area contributed by atoms with Crippen LogP contribution in [-0.4, -0.2) is 29.0 Å². The molecule has 1 aromatic carbocycles. The molecule has 1 aliphatic carbocycles. The number of aromatic nitrogens is 1. The average Bonchev–Trinajstić information content (AvgIpc) is 2.76. The highest BCUT2D eigenvalue weighted by atomic mass is 19.1. The summed E-state index contributed by atoms with van der Waals surface area (Å²) in [5, 5.41) is 1.01. The smallest absolute Gasteiger partial charge is 0.123 e. The Bertz CT molecular complexity index is 598. The molecule has 1 fully saturated rings. The van der Waals surface area contributed by atoms with Gasteiger partial charge in [-0.25, -0.2) is 4.39 Å². The Morgan fingerprint density at radius 2 is 2.25 bits per heavy atom. The maximum Gasteiger partial charge on any atom is 0.123 e. The van der Waals surface area contributed by atoms with Crippen molar-refractivity contribution >= 4 is 10.9 Å². The fourth-order valence-corrected chi connectivity index (χ4v) is 2.96. The number of benzene rings is 1. The molecule has 0 bridgehead atoms. The van der Waals surface area contributed by atoms with E-state index >= 15 is 0 Å². The van der Waals surface area contributed by atoms with Crippen LogP contribution >= 0.6 is 0 Å². The lowest BCUT2D eigenvalue weighted by molar-refractivity contribution is 0.143. The Hall–Kier alpha value is -1.61. The topological polar surface area (TPSA) is 19.0 Å². The Morgan fingerprint density at radius 3 is 2.95 bits per heavy atom. The molecule has 2 nitrogen and oxygen atoms in total. The first-order valence-corrected chi connectivity index (χ1v) is 7.38. The molecule has 0 spiro atoms. The van der Waals surface area contributed by atoms with Gasteiger partial charge in [-0.05, 0) is 43.0 Å². The van der Waals surface area contributed by atoms with Crippen molar-refractivity contribution in [3.8, 4) is 0 Å². The molecule has 0 atom stereocenters. The summed E-state index contributed by atoms with van der Waals surface area (Å²) in [5.74, 6) is -0.166. The summed E-state index contributed by atoms with van der Waals surface area (Å²) < 4.78 is 13.4. The van der Waals surface area contributed by atoms with Gasteiger partial charge in [-0.1, -0.05) is 12.5 Å². The van der Waals surface area contributed by atoms with Crippen molar-refractivity contribution in [3.63, 3.8) is 0 Å². The van der Waals surface area contributed by atoms with Crippen LogP contribution < -0.4 is 0 Å². The lowest BCUT2D eigenvalue weighted by Gasteiger charge is -2.37. The first-order chi connectivity index (χ1) is 9.78. The number of halogens is 1. The molecular weight excluding hydrogens is 251 g/mol. The molecule has 2 aromatic rings. The zero-order valence-corrected chi connectivity index (χ0v) is 11.7. The molecule has 1 heterocycles. The van der Waals surface area contributed by atoms with E-state index in [1.807, 2.05) is 18.3 Å². The molecule has 3 heteroatoms. The molecule has 0 radical (unpaired) electrons. The number of fused-ring (bicyclic) bond motifs is 1. The van der Waals surface area contributed by atoms with Gasteiger partial charge in [0.2, 0.25) is 0 Å². The van der Waals surface area contributed by atoms with Crippen molar-refractivity contribution in [2.45, 2.75) is 31.7 Å². The molecular formula is C17H21FN2. The van der Waals surface area contributed by atoms with Gasteiger partial charge in [-0.2, -0.15) is 0 Å². The van der Waals surface area contributed by atoms with E-state index in [9.17, 15) is 4.39 Å². The fourth-order valence-electron chi connectivity index (χ4n) is 2.96. The van der Waals surface area contributed by atoms with Gasteiger partial charge in [0.1, 0.15) is 5.82 Å². The van der Waals surface area contributed by atoms with E-state index < -0.39 is 0 Å². The second kappa shape index (κ2) is 5.80. The number of aromatic amines is 1. The second-order valence-electron chi connectivity index (χ2n) is 5.62. The van der Waals surface area contributed by atoms with Gasteiger partial charge in [0, 0.05) is 36.2 Å². The lowest BCUT2D eigenvalue weighted by Crippen LogP contribution is -2.41. The predicted octanol–water partition coefficient (Wildman–Crippen LogP) is 3.89. The van der Waals surface area contributed by atoms with Crippen molar-refractivity contribution in [1.82, 2.24) is 9.88 Å². The first kappa shape index (κ1) is 13.4. The molecule has 106 valence electrons. The van der Waals surface area contributed by atoms with E-state index in [4.69, 9.17) is 0 Å². The van der Waals surface area contributed by atoms with Crippen LogP contribution in [0.3, 0.4) is 0 Å². The SMILES string of the molecule is C=CCN(CCc1c[nH]c2ccc(F)cc12)C1CCC1. The molecule has 3 rings (SSSR count). The third-order valence-electron chi connectivity index (χ3n) is 4.35. The van der Waals surface area contributed by atoms with Crippen LogP contribution in [0.15, 0.2) is 37.1 Å². The molecule has 20 heavy (non-hydrogen) atoms. The summed E-state index contributed by atoms with van der Waals surface area (Å²) in [6, 6.07) is 5.65. The van der Waals surface area contributed by atoms with Crippen molar-refractivity contribution in [2.24, 2.45) is 0 Å². The standard InChI is InChI=1S/C17H21FN2/c1-2-9-20(15-4-3-5-15)10-8-13-12-19-17-7-6-14(18)11-16(13)17/h2,6-7,11-12,15,19H,1,3-5,8-10H2. The molecule has 1 N–H and O–H groups in total. The van der Waals surface area contributed by atoms with Gasteiger partial charge < -0.3 is 4.98 Å². The predicted molar refractivity (Wildman–Crippen MR) is 81.4 cm³/mol. The maximum atomic E-state index is 13.4. The lowest BCUT2D eigenvalue weighted by atomic mass is 9.91. The van der Waals surface area contributed by atoms with E-state index in [-0.39, 0.29) is 5.82 Å². The van der Waals surface area contributed by atoms with Gasteiger partial charge in [0.05, 0.1) is 0 Å². The van der Waals surface area contributed by atoms with Gasteiger partial charge >= 0.3 is 0 Å². The molecule has 0 amide bonds. The highest BCUT2D eigenvalue weighted by Crippen LogP contribution is 2.26. The maximum absolute atomic E-state index is 13.4. The van der Waals surface area contributed by atoms with Crippen LogP contribution in [0.25, 0.3) is 10.9 Å². The zero-order valence-electron chi connectivity index (χ0n) is 11.7. The van der Waals surface area contributed by atoms with Crippen LogP contribution in [0.2, 0.25) is 0 Å². The zero-order chi connectivity index (χ0) is 13.9. The largest absolute Gasteiger partial charge is 0.361 e. The first-order valence-electron chi connectivity index (χ1n) is 7.38. The van der Waals surface area contributed by atoms with E-state index in [1.165, 1.54) is 30.9 Å². The third-order valence-corrected chi connectivity index (χ3v) is 4.35. The van der Waals surface area contributed by atoms with E-state index in [0.717, 1.165) is 36.5 Å². The van der Waals surface area contributed by atoms with Gasteiger partial charge in [0.15, 0.2) is 0 Å². The quantitative estimate of drug-likeness (QED) is 0.790. The van der Waals surface area contributed by atoms with Crippen LogP contribution in [-0.2, 0) is 6.42 Å². The molecule has 1 aromatic heterocycles.